The molecule has 2 heteroatoms. The second-order valence-electron chi connectivity index (χ2n) is 2.18. The Labute approximate surface area is 62.8 Å². The van der Waals surface area contributed by atoms with E-state index in [0.29, 0.717) is 0 Å². The van der Waals surface area contributed by atoms with Crippen molar-refractivity contribution in [2.75, 3.05) is 6.54 Å². The minimum absolute atomic E-state index is 0.723. The molecule has 0 fully saturated rings. The van der Waals surface area contributed by atoms with E-state index in [9.17, 15) is 0 Å². The standard InChI is InChI=1S/C8H16N2/c1-3-7-10-8(2)5-4-6-9/h7H,2-6,9H2,1H3. The summed E-state index contributed by atoms with van der Waals surface area (Å²) in [6.45, 7) is 6.55. The van der Waals surface area contributed by atoms with Crippen LogP contribution in [0, 0.1) is 0 Å². The van der Waals surface area contributed by atoms with Crippen LogP contribution in [0.25, 0.3) is 0 Å². The predicted molar refractivity (Wildman–Crippen MR) is 46.2 cm³/mol. The third-order valence-corrected chi connectivity index (χ3v) is 1.13. The zero-order valence-electron chi connectivity index (χ0n) is 6.64. The van der Waals surface area contributed by atoms with E-state index < -0.39 is 0 Å². The number of rotatable bonds is 5. The average molecular weight is 140 g/mol. The highest BCUT2D eigenvalue weighted by Gasteiger charge is 1.86. The molecule has 0 amide bonds. The SMILES string of the molecule is C=C(CCCN)N=CCC. The number of hydrogen-bond acceptors (Lipinski definition) is 2. The highest BCUT2D eigenvalue weighted by Crippen LogP contribution is 2.01. The number of aliphatic imine (C=N–C) groups is 1. The monoisotopic (exact) mass is 140 g/mol. The van der Waals surface area contributed by atoms with Crippen LogP contribution < -0.4 is 5.73 Å². The van der Waals surface area contributed by atoms with Gasteiger partial charge in [-0.15, -0.1) is 0 Å². The molecule has 0 atom stereocenters. The van der Waals surface area contributed by atoms with Gasteiger partial charge in [0.1, 0.15) is 0 Å². The maximum Gasteiger partial charge on any atom is 0.0328 e. The fourth-order valence-corrected chi connectivity index (χ4v) is 0.591. The van der Waals surface area contributed by atoms with Gasteiger partial charge in [0.25, 0.3) is 0 Å². The molecule has 0 aromatic carbocycles. The lowest BCUT2D eigenvalue weighted by atomic mass is 10.2. The molecule has 0 aliphatic carbocycles. The van der Waals surface area contributed by atoms with Crippen molar-refractivity contribution in [3.8, 4) is 0 Å². The fourth-order valence-electron chi connectivity index (χ4n) is 0.591. The zero-order valence-corrected chi connectivity index (χ0v) is 6.64. The largest absolute Gasteiger partial charge is 0.330 e. The van der Waals surface area contributed by atoms with Gasteiger partial charge in [0.15, 0.2) is 0 Å². The minimum atomic E-state index is 0.723. The normalized spacial score (nSPS) is 10.6. The molecule has 0 saturated carbocycles. The first-order valence-corrected chi connectivity index (χ1v) is 3.71. The summed E-state index contributed by atoms with van der Waals surface area (Å²) in [5.74, 6) is 0. The van der Waals surface area contributed by atoms with Gasteiger partial charge in [-0.25, -0.2) is 0 Å². The van der Waals surface area contributed by atoms with Crippen molar-refractivity contribution in [1.82, 2.24) is 0 Å². The molecule has 0 bridgehead atoms. The quantitative estimate of drug-likeness (QED) is 0.580. The highest BCUT2D eigenvalue weighted by atomic mass is 14.7. The second kappa shape index (κ2) is 6.49. The lowest BCUT2D eigenvalue weighted by Gasteiger charge is -1.95. The van der Waals surface area contributed by atoms with Gasteiger partial charge in [-0.05, 0) is 25.8 Å². The molecule has 0 spiro atoms. The molecule has 0 radical (unpaired) electrons. The van der Waals surface area contributed by atoms with Crippen molar-refractivity contribution < 1.29 is 0 Å². The lowest BCUT2D eigenvalue weighted by Crippen LogP contribution is -1.97. The van der Waals surface area contributed by atoms with Gasteiger partial charge in [0.2, 0.25) is 0 Å². The Kier molecular flexibility index (Phi) is 6.08. The van der Waals surface area contributed by atoms with Gasteiger partial charge >= 0.3 is 0 Å². The summed E-state index contributed by atoms with van der Waals surface area (Å²) in [6.07, 6.45) is 4.76. The van der Waals surface area contributed by atoms with E-state index >= 15 is 0 Å². The number of nitrogens with two attached hydrogens (primary N) is 1. The number of allylic oxidation sites excluding steroid dienone is 1. The summed E-state index contributed by atoms with van der Waals surface area (Å²) in [7, 11) is 0. The molecular weight excluding hydrogens is 124 g/mol. The van der Waals surface area contributed by atoms with E-state index in [1.54, 1.807) is 0 Å². The van der Waals surface area contributed by atoms with Gasteiger partial charge in [-0.3, -0.25) is 4.99 Å². The van der Waals surface area contributed by atoms with Crippen LogP contribution in [0.5, 0.6) is 0 Å². The first-order valence-electron chi connectivity index (χ1n) is 3.71. The lowest BCUT2D eigenvalue weighted by molar-refractivity contribution is 0.819. The molecule has 2 N–H and O–H groups in total. The summed E-state index contributed by atoms with van der Waals surface area (Å²) in [5.41, 5.74) is 6.25. The van der Waals surface area contributed by atoms with Crippen LogP contribution in [0.2, 0.25) is 0 Å². The zero-order chi connectivity index (χ0) is 7.82. The maximum absolute atomic E-state index is 5.31. The summed E-state index contributed by atoms with van der Waals surface area (Å²) >= 11 is 0. The smallest absolute Gasteiger partial charge is 0.0328 e. The molecule has 10 heavy (non-hydrogen) atoms. The Morgan fingerprint density at radius 1 is 1.70 bits per heavy atom. The molecule has 2 nitrogen and oxygen atoms in total. The summed E-state index contributed by atoms with van der Waals surface area (Å²) in [4.78, 5) is 4.11. The third kappa shape index (κ3) is 5.51. The van der Waals surface area contributed by atoms with Crippen molar-refractivity contribution in [1.29, 1.82) is 0 Å². The Bertz CT molecular complexity index is 116. The number of nitrogens with zero attached hydrogens (tertiary/aromatic N) is 1. The highest BCUT2D eigenvalue weighted by molar-refractivity contribution is 5.58. The van der Waals surface area contributed by atoms with Crippen LogP contribution in [0.15, 0.2) is 17.3 Å². The molecular formula is C8H16N2. The Morgan fingerprint density at radius 3 is 2.90 bits per heavy atom. The summed E-state index contributed by atoms with van der Waals surface area (Å²) in [5, 5.41) is 0. The summed E-state index contributed by atoms with van der Waals surface area (Å²) < 4.78 is 0. The Hall–Kier alpha value is -0.630. The molecule has 0 aromatic rings. The molecule has 0 saturated heterocycles. The maximum atomic E-state index is 5.31. The van der Waals surface area contributed by atoms with Crippen LogP contribution in [0.3, 0.4) is 0 Å². The van der Waals surface area contributed by atoms with E-state index in [2.05, 4.69) is 18.5 Å². The van der Waals surface area contributed by atoms with E-state index in [0.717, 1.165) is 31.5 Å². The van der Waals surface area contributed by atoms with E-state index in [4.69, 9.17) is 5.73 Å². The molecule has 0 unspecified atom stereocenters. The molecule has 0 heterocycles. The van der Waals surface area contributed by atoms with Gasteiger partial charge in [-0.2, -0.15) is 0 Å². The van der Waals surface area contributed by atoms with E-state index in [1.165, 1.54) is 0 Å². The molecule has 0 aromatic heterocycles. The van der Waals surface area contributed by atoms with Crippen LogP contribution >= 0.6 is 0 Å². The number of hydrogen-bond donors (Lipinski definition) is 1. The molecule has 0 aliphatic rings. The van der Waals surface area contributed by atoms with Gasteiger partial charge in [0, 0.05) is 11.9 Å². The van der Waals surface area contributed by atoms with Crippen LogP contribution in [-0.4, -0.2) is 12.8 Å². The Balaban J connectivity index is 3.34. The van der Waals surface area contributed by atoms with Crippen LogP contribution in [0.1, 0.15) is 26.2 Å². The second-order valence-corrected chi connectivity index (χ2v) is 2.18. The molecule has 0 rings (SSSR count). The Morgan fingerprint density at radius 2 is 2.40 bits per heavy atom. The van der Waals surface area contributed by atoms with Crippen LogP contribution in [0.4, 0.5) is 0 Å². The van der Waals surface area contributed by atoms with Crippen molar-refractivity contribution in [2.24, 2.45) is 10.7 Å². The molecule has 58 valence electrons. The first kappa shape index (κ1) is 9.37. The first-order chi connectivity index (χ1) is 4.81. The van der Waals surface area contributed by atoms with Crippen molar-refractivity contribution in [2.45, 2.75) is 26.2 Å². The summed E-state index contributed by atoms with van der Waals surface area (Å²) in [6, 6.07) is 0. The van der Waals surface area contributed by atoms with Crippen molar-refractivity contribution in [3.05, 3.63) is 12.3 Å². The predicted octanol–water partition coefficient (Wildman–Crippen LogP) is 1.72. The minimum Gasteiger partial charge on any atom is -0.330 e. The van der Waals surface area contributed by atoms with E-state index in [1.807, 2.05) is 6.21 Å². The van der Waals surface area contributed by atoms with Gasteiger partial charge in [0.05, 0.1) is 0 Å². The van der Waals surface area contributed by atoms with Crippen molar-refractivity contribution in [3.63, 3.8) is 0 Å². The average Bonchev–Trinajstić information content (AvgIpc) is 1.97. The molecule has 0 aliphatic heterocycles. The van der Waals surface area contributed by atoms with Gasteiger partial charge < -0.3 is 5.73 Å². The fraction of sp³-hybridized carbons (Fsp3) is 0.625. The topological polar surface area (TPSA) is 38.4 Å². The van der Waals surface area contributed by atoms with E-state index in [-0.39, 0.29) is 0 Å². The van der Waals surface area contributed by atoms with Gasteiger partial charge in [-0.1, -0.05) is 13.5 Å². The van der Waals surface area contributed by atoms with Crippen molar-refractivity contribution >= 4 is 6.21 Å². The third-order valence-electron chi connectivity index (χ3n) is 1.13. The van der Waals surface area contributed by atoms with Crippen LogP contribution in [-0.2, 0) is 0 Å².